The van der Waals surface area contributed by atoms with Crippen molar-refractivity contribution < 1.29 is 13.9 Å². The van der Waals surface area contributed by atoms with Crippen LogP contribution in [-0.2, 0) is 0 Å². The van der Waals surface area contributed by atoms with Gasteiger partial charge in [-0.05, 0) is 42.2 Å². The number of ketones is 1. The predicted molar refractivity (Wildman–Crippen MR) is 81.5 cm³/mol. The van der Waals surface area contributed by atoms with Gasteiger partial charge in [0.1, 0.15) is 11.6 Å². The van der Waals surface area contributed by atoms with Gasteiger partial charge in [0.25, 0.3) is 0 Å². The fourth-order valence-electron chi connectivity index (χ4n) is 2.02. The molecule has 0 saturated heterocycles. The Kier molecular flexibility index (Phi) is 4.73. The van der Waals surface area contributed by atoms with Gasteiger partial charge in [0.2, 0.25) is 0 Å². The Morgan fingerprint density at radius 2 is 1.95 bits per heavy atom. The van der Waals surface area contributed by atoms with Crippen LogP contribution >= 0.6 is 0 Å². The summed E-state index contributed by atoms with van der Waals surface area (Å²) in [5, 5.41) is 0. The van der Waals surface area contributed by atoms with Crippen molar-refractivity contribution in [1.29, 1.82) is 0 Å². The lowest BCUT2D eigenvalue weighted by Gasteiger charge is -2.12. The number of rotatable bonds is 5. The highest BCUT2D eigenvalue weighted by Gasteiger charge is 2.10. The molecular weight excluding hydrogens is 267 g/mol. The van der Waals surface area contributed by atoms with Crippen molar-refractivity contribution in [3.05, 3.63) is 65.0 Å². The third-order valence-electron chi connectivity index (χ3n) is 3.38. The molecule has 0 radical (unpaired) electrons. The van der Waals surface area contributed by atoms with Gasteiger partial charge in [-0.25, -0.2) is 4.39 Å². The third-order valence-corrected chi connectivity index (χ3v) is 3.38. The van der Waals surface area contributed by atoms with E-state index in [1.165, 1.54) is 18.2 Å². The fourth-order valence-corrected chi connectivity index (χ4v) is 2.02. The van der Waals surface area contributed by atoms with Gasteiger partial charge in [-0.1, -0.05) is 38.1 Å². The quantitative estimate of drug-likeness (QED) is 0.755. The Morgan fingerprint density at radius 3 is 2.62 bits per heavy atom. The number of ether oxygens (including phenoxy) is 1. The number of hydrogen-bond donors (Lipinski definition) is 0. The molecule has 2 rings (SSSR count). The SMILES string of the molecule is Cc1ccc(C(C)C)cc1OCC(=O)c1cccc(F)c1. The summed E-state index contributed by atoms with van der Waals surface area (Å²) in [4.78, 5) is 12.0. The van der Waals surface area contributed by atoms with Crippen LogP contribution < -0.4 is 4.74 Å². The highest BCUT2D eigenvalue weighted by Crippen LogP contribution is 2.24. The Bertz CT molecular complexity index is 647. The largest absolute Gasteiger partial charge is 0.485 e. The predicted octanol–water partition coefficient (Wildman–Crippen LogP) is 4.52. The fraction of sp³-hybridized carbons (Fsp3) is 0.278. The first-order valence-electron chi connectivity index (χ1n) is 6.99. The molecule has 0 spiro atoms. The second-order valence-electron chi connectivity index (χ2n) is 5.40. The van der Waals surface area contributed by atoms with E-state index in [9.17, 15) is 9.18 Å². The summed E-state index contributed by atoms with van der Waals surface area (Å²) in [5.41, 5.74) is 2.47. The van der Waals surface area contributed by atoms with Gasteiger partial charge in [0, 0.05) is 5.56 Å². The molecule has 21 heavy (non-hydrogen) atoms. The van der Waals surface area contributed by atoms with E-state index in [0.29, 0.717) is 17.2 Å². The number of benzene rings is 2. The van der Waals surface area contributed by atoms with E-state index >= 15 is 0 Å². The molecule has 110 valence electrons. The van der Waals surface area contributed by atoms with Crippen LogP contribution in [-0.4, -0.2) is 12.4 Å². The molecule has 3 heteroatoms. The Morgan fingerprint density at radius 1 is 1.19 bits per heavy atom. The molecule has 0 bridgehead atoms. The van der Waals surface area contributed by atoms with E-state index in [1.807, 2.05) is 19.1 Å². The van der Waals surface area contributed by atoms with Crippen molar-refractivity contribution in [3.63, 3.8) is 0 Å². The highest BCUT2D eigenvalue weighted by molar-refractivity contribution is 5.97. The van der Waals surface area contributed by atoms with Crippen molar-refractivity contribution in [2.45, 2.75) is 26.7 Å². The molecule has 0 N–H and O–H groups in total. The van der Waals surface area contributed by atoms with Gasteiger partial charge in [0.15, 0.2) is 12.4 Å². The van der Waals surface area contributed by atoms with E-state index < -0.39 is 5.82 Å². The summed E-state index contributed by atoms with van der Waals surface area (Å²) in [5.74, 6) is 0.445. The van der Waals surface area contributed by atoms with Gasteiger partial charge in [-0.2, -0.15) is 0 Å². The summed E-state index contributed by atoms with van der Waals surface area (Å²) >= 11 is 0. The monoisotopic (exact) mass is 286 g/mol. The van der Waals surface area contributed by atoms with Crippen molar-refractivity contribution >= 4 is 5.78 Å². The molecule has 0 amide bonds. The molecule has 0 aliphatic rings. The zero-order valence-corrected chi connectivity index (χ0v) is 12.5. The highest BCUT2D eigenvalue weighted by atomic mass is 19.1. The third kappa shape index (κ3) is 3.91. The van der Waals surface area contributed by atoms with Gasteiger partial charge in [0.05, 0.1) is 0 Å². The summed E-state index contributed by atoms with van der Waals surface area (Å²) < 4.78 is 18.7. The molecule has 0 aromatic heterocycles. The molecule has 0 heterocycles. The van der Waals surface area contributed by atoms with Crippen LogP contribution in [0.4, 0.5) is 4.39 Å². The van der Waals surface area contributed by atoms with Gasteiger partial charge >= 0.3 is 0 Å². The standard InChI is InChI=1S/C18H19FO2/c1-12(2)14-8-7-13(3)18(10-14)21-11-17(20)15-5-4-6-16(19)9-15/h4-10,12H,11H2,1-3H3. The first-order chi connectivity index (χ1) is 9.97. The average molecular weight is 286 g/mol. The van der Waals surface area contributed by atoms with E-state index in [4.69, 9.17) is 4.74 Å². The maximum atomic E-state index is 13.1. The zero-order chi connectivity index (χ0) is 15.4. The van der Waals surface area contributed by atoms with Crippen LogP contribution in [0.2, 0.25) is 0 Å². The number of aryl methyl sites for hydroxylation is 1. The van der Waals surface area contributed by atoms with Crippen LogP contribution in [0.25, 0.3) is 0 Å². The molecule has 2 aromatic carbocycles. The van der Waals surface area contributed by atoms with Crippen molar-refractivity contribution in [1.82, 2.24) is 0 Å². The maximum absolute atomic E-state index is 13.1. The lowest BCUT2D eigenvalue weighted by molar-refractivity contribution is 0.0920. The molecule has 0 atom stereocenters. The smallest absolute Gasteiger partial charge is 0.200 e. The topological polar surface area (TPSA) is 26.3 Å². The molecule has 0 aliphatic carbocycles. The van der Waals surface area contributed by atoms with E-state index in [-0.39, 0.29) is 12.4 Å². The second kappa shape index (κ2) is 6.53. The zero-order valence-electron chi connectivity index (χ0n) is 12.5. The Labute approximate surface area is 124 Å². The van der Waals surface area contributed by atoms with Crippen LogP contribution in [0.5, 0.6) is 5.75 Å². The minimum Gasteiger partial charge on any atom is -0.485 e. The summed E-state index contributed by atoms with van der Waals surface area (Å²) in [6.45, 7) is 6.05. The van der Waals surface area contributed by atoms with E-state index in [1.54, 1.807) is 6.07 Å². The summed E-state index contributed by atoms with van der Waals surface area (Å²) in [7, 11) is 0. The first-order valence-corrected chi connectivity index (χ1v) is 6.99. The van der Waals surface area contributed by atoms with Crippen LogP contribution in [0.3, 0.4) is 0 Å². The lowest BCUT2D eigenvalue weighted by Crippen LogP contribution is -2.12. The Balaban J connectivity index is 2.09. The first kappa shape index (κ1) is 15.2. The lowest BCUT2D eigenvalue weighted by atomic mass is 10.0. The summed E-state index contributed by atoms with van der Waals surface area (Å²) in [6, 6.07) is 11.6. The van der Waals surface area contributed by atoms with Crippen molar-refractivity contribution in [2.75, 3.05) is 6.61 Å². The number of carbonyl (C=O) groups is 1. The molecule has 0 saturated carbocycles. The van der Waals surface area contributed by atoms with Gasteiger partial charge < -0.3 is 4.74 Å². The minimum atomic E-state index is -0.418. The van der Waals surface area contributed by atoms with Crippen LogP contribution in [0, 0.1) is 12.7 Å². The average Bonchev–Trinajstić information content (AvgIpc) is 2.45. The van der Waals surface area contributed by atoms with Crippen molar-refractivity contribution in [3.8, 4) is 5.75 Å². The van der Waals surface area contributed by atoms with Crippen molar-refractivity contribution in [2.24, 2.45) is 0 Å². The number of Topliss-reactive ketones (excluding diaryl/α,β-unsaturated/α-hetero) is 1. The van der Waals surface area contributed by atoms with Crippen LogP contribution in [0.15, 0.2) is 42.5 Å². The molecule has 0 aliphatic heterocycles. The van der Waals surface area contributed by atoms with Gasteiger partial charge in [-0.15, -0.1) is 0 Å². The number of halogens is 1. The number of carbonyl (C=O) groups excluding carboxylic acids is 1. The normalized spacial score (nSPS) is 10.7. The molecular formula is C18H19FO2. The van der Waals surface area contributed by atoms with E-state index in [0.717, 1.165) is 11.1 Å². The second-order valence-corrected chi connectivity index (χ2v) is 5.40. The minimum absolute atomic E-state index is 0.0914. The molecule has 0 unspecified atom stereocenters. The maximum Gasteiger partial charge on any atom is 0.200 e. The Hall–Kier alpha value is -2.16. The van der Waals surface area contributed by atoms with E-state index in [2.05, 4.69) is 19.9 Å². The molecule has 2 aromatic rings. The molecule has 2 nitrogen and oxygen atoms in total. The summed E-state index contributed by atoms with van der Waals surface area (Å²) in [6.07, 6.45) is 0. The number of hydrogen-bond acceptors (Lipinski definition) is 2. The van der Waals surface area contributed by atoms with Crippen LogP contribution in [0.1, 0.15) is 41.3 Å². The van der Waals surface area contributed by atoms with Gasteiger partial charge in [-0.3, -0.25) is 4.79 Å². The molecule has 0 fully saturated rings.